The molecule has 0 aliphatic carbocycles. The molecular formula is C14H23P. The van der Waals surface area contributed by atoms with Gasteiger partial charge in [-0.2, -0.15) is 0 Å². The topological polar surface area (TPSA) is 0 Å². The van der Waals surface area contributed by atoms with Crippen molar-refractivity contribution in [3.8, 4) is 0 Å². The van der Waals surface area contributed by atoms with E-state index in [0.717, 1.165) is 0 Å². The van der Waals surface area contributed by atoms with Gasteiger partial charge in [0.15, 0.2) is 0 Å². The lowest BCUT2D eigenvalue weighted by molar-refractivity contribution is 0.774. The third-order valence-corrected chi connectivity index (χ3v) is 3.54. The van der Waals surface area contributed by atoms with E-state index in [2.05, 4.69) is 47.4 Å². The molecule has 1 aromatic carbocycles. The van der Waals surface area contributed by atoms with Crippen LogP contribution in [0.5, 0.6) is 0 Å². The number of hydrogen-bond donors (Lipinski definition) is 0. The Bertz CT molecular complexity index is 263. The van der Waals surface area contributed by atoms with E-state index in [9.17, 15) is 0 Å². The summed E-state index contributed by atoms with van der Waals surface area (Å²) in [6, 6.07) is 9.16. The molecule has 0 N–H and O–H groups in total. The number of rotatable bonds is 6. The maximum atomic E-state index is 2.95. The Morgan fingerprint density at radius 2 is 1.73 bits per heavy atom. The predicted octanol–water partition coefficient (Wildman–Crippen LogP) is 4.75. The Kier molecular flexibility index (Phi) is 5.95. The predicted molar refractivity (Wildman–Crippen MR) is 72.4 cm³/mol. The van der Waals surface area contributed by atoms with Crippen molar-refractivity contribution < 1.29 is 0 Å². The van der Waals surface area contributed by atoms with Crippen LogP contribution in [-0.4, -0.2) is 0 Å². The molecule has 0 radical (unpaired) electrons. The lowest BCUT2D eigenvalue weighted by atomic mass is 10.0. The van der Waals surface area contributed by atoms with Crippen LogP contribution >= 0.6 is 9.24 Å². The van der Waals surface area contributed by atoms with Crippen LogP contribution in [0.25, 0.3) is 0 Å². The van der Waals surface area contributed by atoms with Crippen LogP contribution in [0, 0.1) is 0 Å². The summed E-state index contributed by atoms with van der Waals surface area (Å²) in [5.41, 5.74) is 3.58. The van der Waals surface area contributed by atoms with Gasteiger partial charge < -0.3 is 0 Å². The Morgan fingerprint density at radius 1 is 1.07 bits per heavy atom. The summed E-state index contributed by atoms with van der Waals surface area (Å²) >= 11 is 0. The van der Waals surface area contributed by atoms with Crippen molar-refractivity contribution in [1.82, 2.24) is 0 Å². The van der Waals surface area contributed by atoms with Crippen molar-refractivity contribution in [2.45, 2.75) is 51.6 Å². The summed E-state index contributed by atoms with van der Waals surface area (Å²) in [5, 5.41) is 0. The fourth-order valence-electron chi connectivity index (χ4n) is 1.79. The molecule has 0 aliphatic rings. The van der Waals surface area contributed by atoms with Crippen LogP contribution in [0.4, 0.5) is 0 Å². The first-order chi connectivity index (χ1) is 7.27. The molecule has 0 spiro atoms. The van der Waals surface area contributed by atoms with Gasteiger partial charge in [-0.15, -0.1) is 9.24 Å². The zero-order valence-corrected chi connectivity index (χ0v) is 11.2. The first kappa shape index (κ1) is 12.7. The van der Waals surface area contributed by atoms with E-state index in [4.69, 9.17) is 0 Å². The van der Waals surface area contributed by atoms with Gasteiger partial charge in [0.2, 0.25) is 0 Å². The van der Waals surface area contributed by atoms with Crippen molar-refractivity contribution in [3.63, 3.8) is 0 Å². The van der Waals surface area contributed by atoms with E-state index < -0.39 is 0 Å². The minimum absolute atomic E-state index is 0.634. The summed E-state index contributed by atoms with van der Waals surface area (Å²) in [4.78, 5) is 0. The average molecular weight is 222 g/mol. The molecule has 84 valence electrons. The molecule has 0 heterocycles. The molecule has 2 atom stereocenters. The van der Waals surface area contributed by atoms with E-state index in [0.29, 0.717) is 5.66 Å². The van der Waals surface area contributed by atoms with Gasteiger partial charge in [0.25, 0.3) is 0 Å². The molecule has 0 amide bonds. The second-order valence-corrected chi connectivity index (χ2v) is 5.05. The maximum absolute atomic E-state index is 2.95. The van der Waals surface area contributed by atoms with Crippen molar-refractivity contribution in [2.75, 3.05) is 0 Å². The summed E-state index contributed by atoms with van der Waals surface area (Å²) in [6.45, 7) is 4.49. The van der Waals surface area contributed by atoms with Crippen LogP contribution in [0.1, 0.15) is 56.3 Å². The van der Waals surface area contributed by atoms with Gasteiger partial charge in [-0.25, -0.2) is 0 Å². The van der Waals surface area contributed by atoms with Gasteiger partial charge in [0, 0.05) is 0 Å². The standard InChI is InChI=1S/C14H23P/c1-3-5-7-12-8-10-13(11-9-12)14(15)6-4-2/h8-11,14H,3-7,15H2,1-2H3. The van der Waals surface area contributed by atoms with Gasteiger partial charge in [-0.05, 0) is 36.0 Å². The van der Waals surface area contributed by atoms with Crippen molar-refractivity contribution >= 4 is 9.24 Å². The highest BCUT2D eigenvalue weighted by Gasteiger charge is 2.03. The summed E-state index contributed by atoms with van der Waals surface area (Å²) in [7, 11) is 2.95. The van der Waals surface area contributed by atoms with E-state index in [1.165, 1.54) is 43.2 Å². The zero-order valence-electron chi connectivity index (χ0n) is 10.00. The molecule has 0 aromatic heterocycles. The quantitative estimate of drug-likeness (QED) is 0.609. The number of hydrogen-bond acceptors (Lipinski definition) is 0. The van der Waals surface area contributed by atoms with Crippen molar-refractivity contribution in [2.24, 2.45) is 0 Å². The molecule has 1 aromatic rings. The van der Waals surface area contributed by atoms with E-state index in [1.54, 1.807) is 0 Å². The summed E-state index contributed by atoms with van der Waals surface area (Å²) < 4.78 is 0. The third-order valence-electron chi connectivity index (χ3n) is 2.83. The van der Waals surface area contributed by atoms with Crippen LogP contribution in [0.3, 0.4) is 0 Å². The Hall–Kier alpha value is -0.350. The van der Waals surface area contributed by atoms with Gasteiger partial charge in [0.05, 0.1) is 0 Å². The highest BCUT2D eigenvalue weighted by atomic mass is 31.0. The van der Waals surface area contributed by atoms with Crippen LogP contribution in [0.2, 0.25) is 0 Å². The Labute approximate surface area is 96.7 Å². The normalized spacial score (nSPS) is 12.7. The summed E-state index contributed by atoms with van der Waals surface area (Å²) in [5.74, 6) is 0. The molecule has 0 saturated carbocycles. The smallest absolute Gasteiger partial charge is 0.00147 e. The lowest BCUT2D eigenvalue weighted by Crippen LogP contribution is -1.90. The Balaban J connectivity index is 2.55. The fraction of sp³-hybridized carbons (Fsp3) is 0.571. The van der Waals surface area contributed by atoms with Crippen LogP contribution < -0.4 is 0 Å². The fourth-order valence-corrected chi connectivity index (χ4v) is 2.35. The number of aryl methyl sites for hydroxylation is 1. The minimum atomic E-state index is 0.634. The molecule has 1 heteroatoms. The van der Waals surface area contributed by atoms with Gasteiger partial charge in [-0.1, -0.05) is 51.0 Å². The average Bonchev–Trinajstić information content (AvgIpc) is 2.27. The van der Waals surface area contributed by atoms with Crippen LogP contribution in [0.15, 0.2) is 24.3 Å². The van der Waals surface area contributed by atoms with E-state index in [1.807, 2.05) is 0 Å². The molecule has 0 bridgehead atoms. The molecule has 15 heavy (non-hydrogen) atoms. The zero-order chi connectivity index (χ0) is 11.1. The number of benzene rings is 1. The molecule has 0 aliphatic heterocycles. The minimum Gasteiger partial charge on any atom is -0.130 e. The molecule has 1 rings (SSSR count). The van der Waals surface area contributed by atoms with Gasteiger partial charge in [0.1, 0.15) is 0 Å². The third kappa shape index (κ3) is 4.34. The van der Waals surface area contributed by atoms with E-state index >= 15 is 0 Å². The van der Waals surface area contributed by atoms with Crippen LogP contribution in [-0.2, 0) is 6.42 Å². The highest BCUT2D eigenvalue weighted by Crippen LogP contribution is 2.27. The second kappa shape index (κ2) is 7.01. The molecule has 0 saturated heterocycles. The van der Waals surface area contributed by atoms with Crippen molar-refractivity contribution in [1.29, 1.82) is 0 Å². The largest absolute Gasteiger partial charge is 0.130 e. The highest BCUT2D eigenvalue weighted by molar-refractivity contribution is 7.17. The van der Waals surface area contributed by atoms with Crippen molar-refractivity contribution in [3.05, 3.63) is 35.4 Å². The van der Waals surface area contributed by atoms with Gasteiger partial charge in [-0.3, -0.25) is 0 Å². The molecule has 0 nitrogen and oxygen atoms in total. The van der Waals surface area contributed by atoms with Gasteiger partial charge >= 0.3 is 0 Å². The monoisotopic (exact) mass is 222 g/mol. The van der Waals surface area contributed by atoms with E-state index in [-0.39, 0.29) is 0 Å². The maximum Gasteiger partial charge on any atom is -0.00147 e. The molecule has 2 unspecified atom stereocenters. The summed E-state index contributed by atoms with van der Waals surface area (Å²) in [6.07, 6.45) is 6.33. The lowest BCUT2D eigenvalue weighted by Gasteiger charge is -2.10. The Morgan fingerprint density at radius 3 is 2.27 bits per heavy atom. The first-order valence-electron chi connectivity index (χ1n) is 6.12. The molecule has 0 fully saturated rings. The molecular weight excluding hydrogens is 199 g/mol. The SMILES string of the molecule is CCCCc1ccc(C(P)CCC)cc1. The first-order valence-corrected chi connectivity index (χ1v) is 6.79. The number of unbranched alkanes of at least 4 members (excludes halogenated alkanes) is 1. The second-order valence-electron chi connectivity index (χ2n) is 4.24.